The van der Waals surface area contributed by atoms with Gasteiger partial charge in [0.25, 0.3) is 0 Å². The zero-order chi connectivity index (χ0) is 10.6. The Hall–Kier alpha value is -0.240. The van der Waals surface area contributed by atoms with Gasteiger partial charge in [0.2, 0.25) is 0 Å². The van der Waals surface area contributed by atoms with E-state index in [1.54, 1.807) is 6.07 Å². The van der Waals surface area contributed by atoms with Crippen molar-refractivity contribution in [2.75, 3.05) is 0 Å². The van der Waals surface area contributed by atoms with Crippen LogP contribution in [0, 0.1) is 0 Å². The van der Waals surface area contributed by atoms with Gasteiger partial charge in [-0.15, -0.1) is 0 Å². The van der Waals surface area contributed by atoms with Gasteiger partial charge < -0.3 is 5.73 Å². The fourth-order valence-corrected chi connectivity index (χ4v) is 1.64. The van der Waals surface area contributed by atoms with Crippen molar-refractivity contribution in [1.29, 1.82) is 0 Å². The van der Waals surface area contributed by atoms with E-state index < -0.39 is 0 Å². The van der Waals surface area contributed by atoms with Crippen molar-refractivity contribution < 1.29 is 0 Å². The second-order valence-electron chi connectivity index (χ2n) is 3.42. The van der Waals surface area contributed by atoms with Crippen molar-refractivity contribution in [3.63, 3.8) is 0 Å². The highest BCUT2D eigenvalue weighted by Gasteiger charge is 2.07. The van der Waals surface area contributed by atoms with Gasteiger partial charge in [0.15, 0.2) is 0 Å². The molecule has 1 aromatic rings. The number of rotatable bonds is 4. The summed E-state index contributed by atoms with van der Waals surface area (Å²) in [5, 5.41) is 1.16. The Morgan fingerprint density at radius 1 is 1.29 bits per heavy atom. The Morgan fingerprint density at radius 3 is 2.57 bits per heavy atom. The van der Waals surface area contributed by atoms with Crippen LogP contribution in [-0.4, -0.2) is 0 Å². The third-order valence-corrected chi connectivity index (χ3v) is 2.98. The second-order valence-corrected chi connectivity index (χ2v) is 4.24. The molecule has 0 bridgehead atoms. The number of unbranched alkanes of at least 4 members (excludes halogenated alkanes) is 1. The molecule has 0 heterocycles. The lowest BCUT2D eigenvalue weighted by molar-refractivity contribution is 0.603. The highest BCUT2D eigenvalue weighted by molar-refractivity contribution is 6.42. The minimum Gasteiger partial charge on any atom is -0.324 e. The SMILES string of the molecule is CCCC[C@H](N)c1ccc(Cl)c(Cl)c1. The van der Waals surface area contributed by atoms with Crippen LogP contribution in [0.4, 0.5) is 0 Å². The summed E-state index contributed by atoms with van der Waals surface area (Å²) in [6.45, 7) is 2.15. The highest BCUT2D eigenvalue weighted by atomic mass is 35.5. The quantitative estimate of drug-likeness (QED) is 0.827. The Morgan fingerprint density at radius 2 is 2.00 bits per heavy atom. The average Bonchev–Trinajstić information content (AvgIpc) is 2.18. The number of nitrogens with two attached hydrogens (primary N) is 1. The van der Waals surface area contributed by atoms with Crippen LogP contribution < -0.4 is 5.73 Å². The lowest BCUT2D eigenvalue weighted by Crippen LogP contribution is -2.09. The Balaban J connectivity index is 2.70. The standard InChI is InChI=1S/C11H15Cl2N/c1-2-3-4-11(14)8-5-6-9(12)10(13)7-8/h5-7,11H,2-4,14H2,1H3/t11-/m0/s1. The molecule has 0 aliphatic heterocycles. The van der Waals surface area contributed by atoms with Gasteiger partial charge in [-0.3, -0.25) is 0 Å². The molecule has 0 fully saturated rings. The summed E-state index contributed by atoms with van der Waals surface area (Å²) in [5.41, 5.74) is 7.06. The maximum atomic E-state index is 6.00. The smallest absolute Gasteiger partial charge is 0.0595 e. The molecule has 1 nitrogen and oxygen atoms in total. The summed E-state index contributed by atoms with van der Waals surface area (Å²) in [6.07, 6.45) is 3.30. The van der Waals surface area contributed by atoms with Gasteiger partial charge in [0.1, 0.15) is 0 Å². The summed E-state index contributed by atoms with van der Waals surface area (Å²) < 4.78 is 0. The van der Waals surface area contributed by atoms with E-state index >= 15 is 0 Å². The van der Waals surface area contributed by atoms with E-state index in [9.17, 15) is 0 Å². The van der Waals surface area contributed by atoms with Gasteiger partial charge in [-0.1, -0.05) is 49.0 Å². The monoisotopic (exact) mass is 231 g/mol. The van der Waals surface area contributed by atoms with Crippen molar-refractivity contribution in [3.05, 3.63) is 33.8 Å². The number of hydrogen-bond donors (Lipinski definition) is 1. The molecule has 0 unspecified atom stereocenters. The van der Waals surface area contributed by atoms with Gasteiger partial charge in [-0.25, -0.2) is 0 Å². The van der Waals surface area contributed by atoms with Crippen molar-refractivity contribution in [2.45, 2.75) is 32.2 Å². The molecule has 0 spiro atoms. The molecule has 0 aliphatic rings. The van der Waals surface area contributed by atoms with Crippen LogP contribution >= 0.6 is 23.2 Å². The van der Waals surface area contributed by atoms with Crippen LogP contribution in [0.3, 0.4) is 0 Å². The van der Waals surface area contributed by atoms with Crippen molar-refractivity contribution in [3.8, 4) is 0 Å². The lowest BCUT2D eigenvalue weighted by Gasteiger charge is -2.11. The molecule has 1 rings (SSSR count). The van der Waals surface area contributed by atoms with Crippen LogP contribution in [0.1, 0.15) is 37.8 Å². The van der Waals surface area contributed by atoms with Crippen LogP contribution in [0.5, 0.6) is 0 Å². The minimum absolute atomic E-state index is 0.0738. The molecule has 0 saturated heterocycles. The van der Waals surface area contributed by atoms with E-state index in [0.717, 1.165) is 24.8 Å². The minimum atomic E-state index is 0.0738. The van der Waals surface area contributed by atoms with E-state index in [0.29, 0.717) is 10.0 Å². The van der Waals surface area contributed by atoms with E-state index in [-0.39, 0.29) is 6.04 Å². The Labute approximate surface area is 95.2 Å². The summed E-state index contributed by atoms with van der Waals surface area (Å²) in [4.78, 5) is 0. The van der Waals surface area contributed by atoms with Crippen molar-refractivity contribution in [1.82, 2.24) is 0 Å². The lowest BCUT2D eigenvalue weighted by atomic mass is 10.0. The molecular formula is C11H15Cl2N. The molecule has 78 valence electrons. The number of benzene rings is 1. The summed E-state index contributed by atoms with van der Waals surface area (Å²) >= 11 is 11.7. The van der Waals surface area contributed by atoms with Gasteiger partial charge in [-0.2, -0.15) is 0 Å². The van der Waals surface area contributed by atoms with Crippen LogP contribution in [0.25, 0.3) is 0 Å². The van der Waals surface area contributed by atoms with Crippen LogP contribution in [-0.2, 0) is 0 Å². The molecule has 2 N–H and O–H groups in total. The average molecular weight is 232 g/mol. The van der Waals surface area contributed by atoms with Crippen molar-refractivity contribution >= 4 is 23.2 Å². The van der Waals surface area contributed by atoms with Crippen LogP contribution in [0.2, 0.25) is 10.0 Å². The first kappa shape index (κ1) is 11.8. The van der Waals surface area contributed by atoms with Gasteiger partial charge in [-0.05, 0) is 24.1 Å². The van der Waals surface area contributed by atoms with E-state index in [1.165, 1.54) is 0 Å². The summed E-state index contributed by atoms with van der Waals surface area (Å²) in [5.74, 6) is 0. The predicted molar refractivity (Wildman–Crippen MR) is 62.9 cm³/mol. The largest absolute Gasteiger partial charge is 0.324 e. The number of halogens is 2. The maximum Gasteiger partial charge on any atom is 0.0595 e. The third-order valence-electron chi connectivity index (χ3n) is 2.24. The maximum absolute atomic E-state index is 6.00. The number of hydrogen-bond acceptors (Lipinski definition) is 1. The fraction of sp³-hybridized carbons (Fsp3) is 0.455. The highest BCUT2D eigenvalue weighted by Crippen LogP contribution is 2.26. The molecular weight excluding hydrogens is 217 g/mol. The molecule has 3 heteroatoms. The van der Waals surface area contributed by atoms with Crippen LogP contribution in [0.15, 0.2) is 18.2 Å². The van der Waals surface area contributed by atoms with E-state index in [2.05, 4.69) is 6.92 Å². The molecule has 1 aromatic carbocycles. The molecule has 0 aromatic heterocycles. The Kier molecular flexibility index (Phi) is 4.73. The first-order valence-corrected chi connectivity index (χ1v) is 5.61. The summed E-state index contributed by atoms with van der Waals surface area (Å²) in [7, 11) is 0. The fourth-order valence-electron chi connectivity index (χ4n) is 1.33. The van der Waals surface area contributed by atoms with E-state index in [1.807, 2.05) is 12.1 Å². The molecule has 0 aliphatic carbocycles. The van der Waals surface area contributed by atoms with E-state index in [4.69, 9.17) is 28.9 Å². The topological polar surface area (TPSA) is 26.0 Å². The summed E-state index contributed by atoms with van der Waals surface area (Å²) in [6, 6.07) is 5.66. The second kappa shape index (κ2) is 5.59. The Bertz CT molecular complexity index is 299. The normalized spacial score (nSPS) is 12.9. The molecule has 1 atom stereocenters. The first-order chi connectivity index (χ1) is 6.65. The van der Waals surface area contributed by atoms with Crippen molar-refractivity contribution in [2.24, 2.45) is 5.73 Å². The molecule has 0 saturated carbocycles. The molecule has 14 heavy (non-hydrogen) atoms. The predicted octanol–water partition coefficient (Wildman–Crippen LogP) is 4.18. The zero-order valence-corrected chi connectivity index (χ0v) is 9.78. The third kappa shape index (κ3) is 3.16. The van der Waals surface area contributed by atoms with Gasteiger partial charge >= 0.3 is 0 Å². The van der Waals surface area contributed by atoms with Gasteiger partial charge in [0.05, 0.1) is 10.0 Å². The molecule has 0 amide bonds. The van der Waals surface area contributed by atoms with Gasteiger partial charge in [0, 0.05) is 6.04 Å². The first-order valence-electron chi connectivity index (χ1n) is 4.85. The zero-order valence-electron chi connectivity index (χ0n) is 8.26. The molecule has 0 radical (unpaired) electrons.